The van der Waals surface area contributed by atoms with Gasteiger partial charge in [0.15, 0.2) is 0 Å². The Bertz CT molecular complexity index is 1570. The highest BCUT2D eigenvalue weighted by molar-refractivity contribution is 6.17. The van der Waals surface area contributed by atoms with Crippen molar-refractivity contribution in [2.45, 2.75) is 13.8 Å². The van der Waals surface area contributed by atoms with Gasteiger partial charge in [0.05, 0.1) is 0 Å². The molecule has 0 N–H and O–H groups in total. The molecule has 29 heavy (non-hydrogen) atoms. The summed E-state index contributed by atoms with van der Waals surface area (Å²) < 4.78 is 6.53. The van der Waals surface area contributed by atoms with Gasteiger partial charge in [0.1, 0.15) is 11.2 Å². The molecule has 6 rings (SSSR count). The summed E-state index contributed by atoms with van der Waals surface area (Å²) in [5.74, 6) is 0. The highest BCUT2D eigenvalue weighted by Crippen LogP contribution is 2.40. The third-order valence-electron chi connectivity index (χ3n) is 6.13. The van der Waals surface area contributed by atoms with Crippen LogP contribution in [0.15, 0.2) is 89.3 Å². The van der Waals surface area contributed by atoms with Crippen LogP contribution in [0.25, 0.3) is 54.6 Å². The number of furan rings is 1. The third-order valence-corrected chi connectivity index (χ3v) is 6.13. The predicted octanol–water partition coefficient (Wildman–Crippen LogP) is 8.18. The molecule has 0 fully saturated rings. The summed E-state index contributed by atoms with van der Waals surface area (Å²) in [6, 6.07) is 30.4. The molecule has 0 radical (unpaired) electrons. The van der Waals surface area contributed by atoms with E-state index in [1.54, 1.807) is 0 Å². The summed E-state index contributed by atoms with van der Waals surface area (Å²) >= 11 is 0. The van der Waals surface area contributed by atoms with Gasteiger partial charge in [-0.3, -0.25) is 0 Å². The summed E-state index contributed by atoms with van der Waals surface area (Å²) in [5, 5.41) is 7.37. The number of hydrogen-bond acceptors (Lipinski definition) is 1. The van der Waals surface area contributed by atoms with Crippen LogP contribution in [0.1, 0.15) is 11.1 Å². The number of benzene rings is 5. The molecule has 0 amide bonds. The lowest BCUT2D eigenvalue weighted by Gasteiger charge is -2.09. The van der Waals surface area contributed by atoms with E-state index in [1.807, 2.05) is 0 Å². The monoisotopic (exact) mass is 372 g/mol. The molecule has 0 aliphatic carbocycles. The number of aryl methyl sites for hydroxylation is 2. The molecule has 0 bridgehead atoms. The van der Waals surface area contributed by atoms with Crippen molar-refractivity contribution >= 4 is 43.5 Å². The van der Waals surface area contributed by atoms with E-state index in [0.29, 0.717) is 0 Å². The molecule has 0 spiro atoms. The van der Waals surface area contributed by atoms with Crippen LogP contribution in [0.5, 0.6) is 0 Å². The molecule has 5 aromatic carbocycles. The molecule has 0 atom stereocenters. The van der Waals surface area contributed by atoms with Crippen LogP contribution in [0.2, 0.25) is 0 Å². The fourth-order valence-electron chi connectivity index (χ4n) is 4.63. The molecular formula is C28H20O. The summed E-state index contributed by atoms with van der Waals surface area (Å²) in [4.78, 5) is 0. The zero-order valence-corrected chi connectivity index (χ0v) is 16.5. The molecule has 138 valence electrons. The maximum atomic E-state index is 6.53. The first-order valence-corrected chi connectivity index (χ1v) is 10.0. The van der Waals surface area contributed by atoms with Gasteiger partial charge in [-0.05, 0) is 64.2 Å². The van der Waals surface area contributed by atoms with Crippen LogP contribution in [0.4, 0.5) is 0 Å². The Balaban J connectivity index is 1.76. The van der Waals surface area contributed by atoms with Gasteiger partial charge in [0, 0.05) is 16.3 Å². The molecule has 0 aliphatic rings. The van der Waals surface area contributed by atoms with Crippen molar-refractivity contribution < 1.29 is 4.42 Å². The van der Waals surface area contributed by atoms with Crippen molar-refractivity contribution in [1.29, 1.82) is 0 Å². The molecule has 1 heterocycles. The smallest absolute Gasteiger partial charge is 0.143 e. The van der Waals surface area contributed by atoms with Crippen molar-refractivity contribution in [3.8, 4) is 11.1 Å². The van der Waals surface area contributed by atoms with Gasteiger partial charge in [-0.15, -0.1) is 0 Å². The van der Waals surface area contributed by atoms with E-state index in [0.717, 1.165) is 11.2 Å². The lowest BCUT2D eigenvalue weighted by atomic mass is 9.94. The zero-order valence-electron chi connectivity index (χ0n) is 16.5. The van der Waals surface area contributed by atoms with Crippen molar-refractivity contribution in [1.82, 2.24) is 0 Å². The molecule has 6 aromatic rings. The van der Waals surface area contributed by atoms with Gasteiger partial charge in [0.2, 0.25) is 0 Å². The van der Waals surface area contributed by atoms with Crippen molar-refractivity contribution in [2.75, 3.05) is 0 Å². The molecule has 0 saturated heterocycles. The summed E-state index contributed by atoms with van der Waals surface area (Å²) in [6.07, 6.45) is 0. The van der Waals surface area contributed by atoms with E-state index in [2.05, 4.69) is 98.8 Å². The Kier molecular flexibility index (Phi) is 3.36. The van der Waals surface area contributed by atoms with Gasteiger partial charge in [0.25, 0.3) is 0 Å². The molecule has 1 nitrogen and oxygen atoms in total. The highest BCUT2D eigenvalue weighted by Gasteiger charge is 2.16. The number of fused-ring (bicyclic) bond motifs is 6. The topological polar surface area (TPSA) is 13.1 Å². The summed E-state index contributed by atoms with van der Waals surface area (Å²) in [6.45, 7) is 4.33. The fourth-order valence-corrected chi connectivity index (χ4v) is 4.63. The lowest BCUT2D eigenvalue weighted by molar-refractivity contribution is 0.670. The van der Waals surface area contributed by atoms with E-state index in [9.17, 15) is 0 Å². The first-order valence-electron chi connectivity index (χ1n) is 10.0. The van der Waals surface area contributed by atoms with E-state index in [1.165, 1.54) is 54.6 Å². The quantitative estimate of drug-likeness (QED) is 0.265. The Morgan fingerprint density at radius 3 is 2.24 bits per heavy atom. The largest absolute Gasteiger partial charge is 0.455 e. The predicted molar refractivity (Wildman–Crippen MR) is 124 cm³/mol. The van der Waals surface area contributed by atoms with Gasteiger partial charge in [-0.2, -0.15) is 0 Å². The van der Waals surface area contributed by atoms with Crippen LogP contribution in [0.3, 0.4) is 0 Å². The van der Waals surface area contributed by atoms with Crippen LogP contribution in [-0.4, -0.2) is 0 Å². The standard InChI is InChI=1S/C28H20O/c1-17-7-3-5-9-21(17)27-18(2)11-14-23-25-15-20-13-12-19-8-4-6-10-22(19)24(20)16-26(25)29-28(23)27/h3-16H,1-2H3. The second-order valence-electron chi connectivity index (χ2n) is 7.91. The minimum atomic E-state index is 0.948. The second kappa shape index (κ2) is 5.96. The molecule has 0 aliphatic heterocycles. The SMILES string of the molecule is Cc1ccccc1-c1c(C)ccc2c1oc1cc3c(ccc4ccccc43)cc12. The van der Waals surface area contributed by atoms with Crippen LogP contribution in [0, 0.1) is 13.8 Å². The number of hydrogen-bond donors (Lipinski definition) is 0. The molecule has 1 aromatic heterocycles. The summed E-state index contributed by atoms with van der Waals surface area (Å²) in [5.41, 5.74) is 6.87. The first kappa shape index (κ1) is 16.4. The molecule has 0 saturated carbocycles. The minimum Gasteiger partial charge on any atom is -0.455 e. The Morgan fingerprint density at radius 2 is 1.34 bits per heavy atom. The minimum absolute atomic E-state index is 0.948. The molecular weight excluding hydrogens is 352 g/mol. The van der Waals surface area contributed by atoms with Gasteiger partial charge in [-0.25, -0.2) is 0 Å². The Hall–Kier alpha value is -3.58. The van der Waals surface area contributed by atoms with Gasteiger partial charge >= 0.3 is 0 Å². The van der Waals surface area contributed by atoms with Crippen LogP contribution < -0.4 is 0 Å². The molecule has 0 unspecified atom stereocenters. The second-order valence-corrected chi connectivity index (χ2v) is 7.91. The Morgan fingerprint density at radius 1 is 0.552 bits per heavy atom. The maximum absolute atomic E-state index is 6.53. The third kappa shape index (κ3) is 2.34. The van der Waals surface area contributed by atoms with Crippen LogP contribution >= 0.6 is 0 Å². The normalized spacial score (nSPS) is 11.8. The Labute approximate surface area is 169 Å². The lowest BCUT2D eigenvalue weighted by Crippen LogP contribution is -1.87. The maximum Gasteiger partial charge on any atom is 0.143 e. The molecule has 1 heteroatoms. The van der Waals surface area contributed by atoms with E-state index < -0.39 is 0 Å². The number of rotatable bonds is 1. The van der Waals surface area contributed by atoms with Gasteiger partial charge in [-0.1, -0.05) is 72.8 Å². The zero-order chi connectivity index (χ0) is 19.5. The summed E-state index contributed by atoms with van der Waals surface area (Å²) in [7, 11) is 0. The average molecular weight is 372 g/mol. The first-order chi connectivity index (χ1) is 14.2. The van der Waals surface area contributed by atoms with Crippen LogP contribution in [-0.2, 0) is 0 Å². The van der Waals surface area contributed by atoms with Crippen molar-refractivity contribution in [3.63, 3.8) is 0 Å². The van der Waals surface area contributed by atoms with E-state index in [4.69, 9.17) is 4.42 Å². The fraction of sp³-hybridized carbons (Fsp3) is 0.0714. The van der Waals surface area contributed by atoms with E-state index in [-0.39, 0.29) is 0 Å². The van der Waals surface area contributed by atoms with Crippen molar-refractivity contribution in [2.24, 2.45) is 0 Å². The van der Waals surface area contributed by atoms with Gasteiger partial charge < -0.3 is 4.42 Å². The highest BCUT2D eigenvalue weighted by atomic mass is 16.3. The average Bonchev–Trinajstić information content (AvgIpc) is 3.10. The van der Waals surface area contributed by atoms with Crippen molar-refractivity contribution in [3.05, 3.63) is 96.1 Å². The van der Waals surface area contributed by atoms with E-state index >= 15 is 0 Å².